The van der Waals surface area contributed by atoms with Gasteiger partial charge in [-0.2, -0.15) is 0 Å². The van der Waals surface area contributed by atoms with Crippen LogP contribution in [0.4, 0.5) is 0 Å². The van der Waals surface area contributed by atoms with E-state index < -0.39 is 0 Å². The first kappa shape index (κ1) is 19.4. The molecule has 0 aromatic heterocycles. The number of morpholine rings is 1. The van der Waals surface area contributed by atoms with Gasteiger partial charge in [0.05, 0.1) is 19.3 Å². The van der Waals surface area contributed by atoms with Gasteiger partial charge < -0.3 is 14.8 Å². The van der Waals surface area contributed by atoms with E-state index in [-0.39, 0.29) is 19.4 Å². The van der Waals surface area contributed by atoms with Crippen LogP contribution in [-0.2, 0) is 14.3 Å². The Labute approximate surface area is 137 Å². The molecular weight excluding hydrogens is 280 g/mol. The minimum atomic E-state index is 0. The molecule has 22 heavy (non-hydrogen) atoms. The van der Waals surface area contributed by atoms with E-state index in [4.69, 9.17) is 9.47 Å². The molecule has 1 heterocycles. The van der Waals surface area contributed by atoms with Gasteiger partial charge in [0.2, 0.25) is 5.91 Å². The Bertz CT molecular complexity index is 314. The molecule has 0 bridgehead atoms. The Morgan fingerprint density at radius 2 is 2.14 bits per heavy atom. The molecular formula is C17H36N2O3. The summed E-state index contributed by atoms with van der Waals surface area (Å²) in [5.41, 5.74) is 0. The van der Waals surface area contributed by atoms with E-state index in [0.717, 1.165) is 51.8 Å². The Hall–Kier alpha value is -0.650. The molecule has 0 spiro atoms. The summed E-state index contributed by atoms with van der Waals surface area (Å²) in [5, 5.41) is 2.95. The van der Waals surface area contributed by atoms with E-state index in [1.807, 2.05) is 13.8 Å². The predicted octanol–water partition coefficient (Wildman–Crippen LogP) is 2.16. The molecule has 1 fully saturated rings. The zero-order valence-electron chi connectivity index (χ0n) is 14.8. The summed E-state index contributed by atoms with van der Waals surface area (Å²) in [6.07, 6.45) is 2.47. The van der Waals surface area contributed by atoms with Gasteiger partial charge in [0, 0.05) is 40.1 Å². The second-order valence-corrected chi connectivity index (χ2v) is 6.84. The maximum absolute atomic E-state index is 11.6. The van der Waals surface area contributed by atoms with Gasteiger partial charge in [-0.25, -0.2) is 0 Å². The molecule has 1 amide bonds. The number of rotatable bonds is 10. The minimum absolute atomic E-state index is 0. The number of nitrogens with one attached hydrogen (secondary N) is 1. The molecule has 0 aliphatic carbocycles. The molecule has 1 aliphatic rings. The Balaban J connectivity index is 0.00000484. The lowest BCUT2D eigenvalue weighted by atomic mass is 10.1. The molecule has 0 aromatic rings. The zero-order valence-corrected chi connectivity index (χ0v) is 14.8. The number of carbonyl (C=O) groups excluding carboxylic acids is 1. The molecule has 1 rings (SSSR count). The van der Waals surface area contributed by atoms with Crippen molar-refractivity contribution in [2.45, 2.75) is 46.6 Å². The van der Waals surface area contributed by atoms with Crippen LogP contribution in [0.2, 0.25) is 0 Å². The fraction of sp³-hybridized carbons (Fsp3) is 0.941. The van der Waals surface area contributed by atoms with Gasteiger partial charge in [0.1, 0.15) is 0 Å². The van der Waals surface area contributed by atoms with Gasteiger partial charge in [-0.3, -0.25) is 9.69 Å². The van der Waals surface area contributed by atoms with Crippen LogP contribution >= 0.6 is 0 Å². The topological polar surface area (TPSA) is 50.8 Å². The van der Waals surface area contributed by atoms with Crippen LogP contribution in [0.15, 0.2) is 0 Å². The number of nitrogens with zero attached hydrogens (tertiary/aromatic N) is 1. The summed E-state index contributed by atoms with van der Waals surface area (Å²) in [6, 6.07) is 0. The molecule has 5 nitrogen and oxygen atoms in total. The van der Waals surface area contributed by atoms with Crippen molar-refractivity contribution in [1.82, 2.24) is 10.2 Å². The normalized spacial score (nSPS) is 19.8. The fourth-order valence-corrected chi connectivity index (χ4v) is 2.41. The lowest BCUT2D eigenvalue weighted by Gasteiger charge is -2.33. The lowest BCUT2D eigenvalue weighted by Crippen LogP contribution is -2.48. The van der Waals surface area contributed by atoms with Crippen LogP contribution in [0.5, 0.6) is 0 Å². The molecule has 1 atom stereocenters. The SMILES string of the molecule is CC(C)CCCOCCN1CCO[C@H](CNC(=O)C(C)C)C1.[HH]. The van der Waals surface area contributed by atoms with E-state index >= 15 is 0 Å². The van der Waals surface area contributed by atoms with Gasteiger partial charge in [-0.1, -0.05) is 27.7 Å². The largest absolute Gasteiger partial charge is 0.380 e. The standard InChI is InChI=1S/C17H34N2O3.H2/c1-14(2)6-5-9-21-10-7-19-8-11-22-16(13-19)12-18-17(20)15(3)4;/h14-16H,5-13H2,1-4H3,(H,18,20);1H/t16-;/m1./s1. The molecule has 0 radical (unpaired) electrons. The van der Waals surface area contributed by atoms with Crippen molar-refractivity contribution in [2.24, 2.45) is 11.8 Å². The molecule has 0 saturated carbocycles. The second-order valence-electron chi connectivity index (χ2n) is 6.84. The summed E-state index contributed by atoms with van der Waals surface area (Å²) in [4.78, 5) is 13.9. The minimum Gasteiger partial charge on any atom is -0.380 e. The third kappa shape index (κ3) is 8.71. The molecule has 1 aliphatic heterocycles. The molecule has 132 valence electrons. The van der Waals surface area contributed by atoms with Gasteiger partial charge in [0.15, 0.2) is 0 Å². The summed E-state index contributed by atoms with van der Waals surface area (Å²) in [7, 11) is 0. The van der Waals surface area contributed by atoms with Crippen LogP contribution in [0.1, 0.15) is 42.0 Å². The molecule has 0 aromatic carbocycles. The van der Waals surface area contributed by atoms with Crippen molar-refractivity contribution in [3.63, 3.8) is 0 Å². The first-order valence-electron chi connectivity index (χ1n) is 8.68. The second kappa shape index (κ2) is 11.0. The highest BCUT2D eigenvalue weighted by Crippen LogP contribution is 2.06. The maximum Gasteiger partial charge on any atom is 0.222 e. The fourth-order valence-electron chi connectivity index (χ4n) is 2.41. The average molecular weight is 316 g/mol. The summed E-state index contributed by atoms with van der Waals surface area (Å²) in [5.74, 6) is 0.873. The Morgan fingerprint density at radius 1 is 1.36 bits per heavy atom. The first-order chi connectivity index (χ1) is 10.5. The molecule has 5 heteroatoms. The smallest absolute Gasteiger partial charge is 0.222 e. The van der Waals surface area contributed by atoms with Crippen LogP contribution < -0.4 is 5.32 Å². The number of hydrogen-bond acceptors (Lipinski definition) is 4. The van der Waals surface area contributed by atoms with Crippen molar-refractivity contribution < 1.29 is 15.7 Å². The van der Waals surface area contributed by atoms with Crippen LogP contribution in [0, 0.1) is 11.8 Å². The van der Waals surface area contributed by atoms with Crippen molar-refractivity contribution in [3.05, 3.63) is 0 Å². The van der Waals surface area contributed by atoms with E-state index in [9.17, 15) is 4.79 Å². The summed E-state index contributed by atoms with van der Waals surface area (Å²) < 4.78 is 11.4. The maximum atomic E-state index is 11.6. The summed E-state index contributed by atoms with van der Waals surface area (Å²) >= 11 is 0. The van der Waals surface area contributed by atoms with Gasteiger partial charge in [-0.15, -0.1) is 0 Å². The third-order valence-corrected chi connectivity index (χ3v) is 3.87. The Morgan fingerprint density at radius 3 is 2.82 bits per heavy atom. The molecule has 1 N–H and O–H groups in total. The number of hydrogen-bond donors (Lipinski definition) is 1. The van der Waals surface area contributed by atoms with Crippen molar-refractivity contribution in [3.8, 4) is 0 Å². The highest BCUT2D eigenvalue weighted by molar-refractivity contribution is 5.77. The molecule has 1 saturated heterocycles. The first-order valence-corrected chi connectivity index (χ1v) is 8.68. The average Bonchev–Trinajstić information content (AvgIpc) is 2.48. The van der Waals surface area contributed by atoms with Crippen LogP contribution in [0.25, 0.3) is 0 Å². The number of carbonyl (C=O) groups is 1. The highest BCUT2D eigenvalue weighted by Gasteiger charge is 2.21. The van der Waals surface area contributed by atoms with Gasteiger partial charge in [-0.05, 0) is 18.8 Å². The highest BCUT2D eigenvalue weighted by atomic mass is 16.5. The zero-order chi connectivity index (χ0) is 16.4. The monoisotopic (exact) mass is 316 g/mol. The van der Waals surface area contributed by atoms with E-state index in [2.05, 4.69) is 24.1 Å². The Kier molecular flexibility index (Phi) is 9.68. The third-order valence-electron chi connectivity index (χ3n) is 3.87. The van der Waals surface area contributed by atoms with Crippen LogP contribution in [-0.4, -0.2) is 62.9 Å². The molecule has 0 unspecified atom stereocenters. The number of ether oxygens (including phenoxy) is 2. The van der Waals surface area contributed by atoms with Crippen molar-refractivity contribution >= 4 is 5.91 Å². The van der Waals surface area contributed by atoms with Crippen molar-refractivity contribution in [1.29, 1.82) is 0 Å². The van der Waals surface area contributed by atoms with Crippen LogP contribution in [0.3, 0.4) is 0 Å². The van der Waals surface area contributed by atoms with Gasteiger partial charge >= 0.3 is 0 Å². The summed E-state index contributed by atoms with van der Waals surface area (Å²) in [6.45, 7) is 14.0. The quantitative estimate of drug-likeness (QED) is 0.628. The van der Waals surface area contributed by atoms with Crippen molar-refractivity contribution in [2.75, 3.05) is 46.0 Å². The predicted molar refractivity (Wildman–Crippen MR) is 91.0 cm³/mol. The van der Waals surface area contributed by atoms with E-state index in [1.165, 1.54) is 6.42 Å². The lowest BCUT2D eigenvalue weighted by molar-refractivity contribution is -0.125. The number of amides is 1. The van der Waals surface area contributed by atoms with Gasteiger partial charge in [0.25, 0.3) is 0 Å². The van der Waals surface area contributed by atoms with E-state index in [0.29, 0.717) is 6.54 Å². The van der Waals surface area contributed by atoms with E-state index in [1.54, 1.807) is 0 Å².